The fraction of sp³-hybridized carbons (Fsp3) is 0.625. The van der Waals surface area contributed by atoms with E-state index in [-0.39, 0.29) is 0 Å². The van der Waals surface area contributed by atoms with Crippen LogP contribution in [0.3, 0.4) is 0 Å². The Morgan fingerprint density at radius 3 is 2.55 bits per heavy atom. The number of ether oxygens (including phenoxy) is 2. The van der Waals surface area contributed by atoms with Crippen molar-refractivity contribution >= 4 is 0 Å². The number of benzene rings is 1. The lowest BCUT2D eigenvalue weighted by molar-refractivity contribution is 0.0551. The Kier molecular flexibility index (Phi) is 6.30. The zero-order valence-corrected chi connectivity index (χ0v) is 13.2. The summed E-state index contributed by atoms with van der Waals surface area (Å²) in [5.74, 6) is 1.58. The van der Waals surface area contributed by atoms with Gasteiger partial charge in [-0.15, -0.1) is 0 Å². The molecule has 1 aromatic rings. The SMILES string of the molecule is COc1ccc(CNC(C)C)c(OCCC(C)(C)O)c1. The zero-order valence-electron chi connectivity index (χ0n) is 13.2. The summed E-state index contributed by atoms with van der Waals surface area (Å²) in [4.78, 5) is 0. The van der Waals surface area contributed by atoms with E-state index < -0.39 is 5.60 Å². The third kappa shape index (κ3) is 6.26. The molecule has 20 heavy (non-hydrogen) atoms. The van der Waals surface area contributed by atoms with Crippen molar-refractivity contribution in [3.8, 4) is 11.5 Å². The van der Waals surface area contributed by atoms with Crippen molar-refractivity contribution < 1.29 is 14.6 Å². The van der Waals surface area contributed by atoms with E-state index in [1.807, 2.05) is 18.2 Å². The highest BCUT2D eigenvalue weighted by molar-refractivity contribution is 5.40. The van der Waals surface area contributed by atoms with Crippen molar-refractivity contribution in [3.05, 3.63) is 23.8 Å². The second-order valence-electron chi connectivity index (χ2n) is 5.92. The quantitative estimate of drug-likeness (QED) is 0.769. The molecule has 4 nitrogen and oxygen atoms in total. The van der Waals surface area contributed by atoms with Crippen LogP contribution in [0.4, 0.5) is 0 Å². The topological polar surface area (TPSA) is 50.7 Å². The Balaban J connectivity index is 2.73. The minimum Gasteiger partial charge on any atom is -0.497 e. The van der Waals surface area contributed by atoms with Gasteiger partial charge >= 0.3 is 0 Å². The fourth-order valence-electron chi connectivity index (χ4n) is 1.67. The van der Waals surface area contributed by atoms with Crippen LogP contribution in [0, 0.1) is 0 Å². The van der Waals surface area contributed by atoms with Gasteiger partial charge in [-0.05, 0) is 19.9 Å². The molecule has 0 saturated heterocycles. The fourth-order valence-corrected chi connectivity index (χ4v) is 1.67. The van der Waals surface area contributed by atoms with Crippen LogP contribution in [0.25, 0.3) is 0 Å². The van der Waals surface area contributed by atoms with Crippen molar-refractivity contribution in [2.75, 3.05) is 13.7 Å². The Labute approximate surface area is 122 Å². The highest BCUT2D eigenvalue weighted by Crippen LogP contribution is 2.25. The van der Waals surface area contributed by atoms with Gasteiger partial charge in [-0.1, -0.05) is 19.9 Å². The van der Waals surface area contributed by atoms with Gasteiger partial charge in [-0.25, -0.2) is 0 Å². The van der Waals surface area contributed by atoms with Crippen LogP contribution < -0.4 is 14.8 Å². The molecule has 0 unspecified atom stereocenters. The van der Waals surface area contributed by atoms with E-state index in [0.717, 1.165) is 23.6 Å². The Morgan fingerprint density at radius 2 is 2.00 bits per heavy atom. The largest absolute Gasteiger partial charge is 0.497 e. The van der Waals surface area contributed by atoms with Crippen molar-refractivity contribution in [1.29, 1.82) is 0 Å². The number of methoxy groups -OCH3 is 1. The molecule has 0 spiro atoms. The second-order valence-corrected chi connectivity index (χ2v) is 5.92. The van der Waals surface area contributed by atoms with E-state index in [1.54, 1.807) is 21.0 Å². The van der Waals surface area contributed by atoms with Crippen molar-refractivity contribution in [3.63, 3.8) is 0 Å². The molecule has 1 rings (SSSR count). The lowest BCUT2D eigenvalue weighted by Gasteiger charge is -2.19. The van der Waals surface area contributed by atoms with Gasteiger partial charge < -0.3 is 19.9 Å². The summed E-state index contributed by atoms with van der Waals surface area (Å²) in [6.45, 7) is 9.01. The minimum absolute atomic E-state index is 0.418. The average molecular weight is 281 g/mol. The van der Waals surface area contributed by atoms with Gasteiger partial charge in [-0.2, -0.15) is 0 Å². The molecule has 0 fully saturated rings. The standard InChI is InChI=1S/C16H27NO3/c1-12(2)17-11-13-6-7-14(19-5)10-15(13)20-9-8-16(3,4)18/h6-7,10,12,17-18H,8-9,11H2,1-5H3. The van der Waals surface area contributed by atoms with Gasteiger partial charge in [0.15, 0.2) is 0 Å². The molecule has 0 aliphatic heterocycles. The Bertz CT molecular complexity index is 411. The molecular formula is C16H27NO3. The van der Waals surface area contributed by atoms with Crippen LogP contribution >= 0.6 is 0 Å². The van der Waals surface area contributed by atoms with E-state index in [2.05, 4.69) is 19.2 Å². The van der Waals surface area contributed by atoms with Gasteiger partial charge in [0.25, 0.3) is 0 Å². The summed E-state index contributed by atoms with van der Waals surface area (Å²) in [5.41, 5.74) is 0.380. The Morgan fingerprint density at radius 1 is 1.30 bits per heavy atom. The van der Waals surface area contributed by atoms with E-state index in [1.165, 1.54) is 0 Å². The van der Waals surface area contributed by atoms with Gasteiger partial charge in [0, 0.05) is 30.6 Å². The Hall–Kier alpha value is -1.26. The van der Waals surface area contributed by atoms with Crippen molar-refractivity contribution in [2.24, 2.45) is 0 Å². The monoisotopic (exact) mass is 281 g/mol. The van der Waals surface area contributed by atoms with E-state index in [9.17, 15) is 5.11 Å². The minimum atomic E-state index is -0.713. The van der Waals surface area contributed by atoms with Gasteiger partial charge in [0.2, 0.25) is 0 Å². The first kappa shape index (κ1) is 16.8. The zero-order chi connectivity index (χ0) is 15.2. The smallest absolute Gasteiger partial charge is 0.127 e. The van der Waals surface area contributed by atoms with Crippen LogP contribution in [0.15, 0.2) is 18.2 Å². The third-order valence-corrected chi connectivity index (χ3v) is 2.95. The molecule has 0 amide bonds. The highest BCUT2D eigenvalue weighted by Gasteiger charge is 2.13. The number of rotatable bonds is 8. The molecule has 0 saturated carbocycles. The number of aliphatic hydroxyl groups is 1. The highest BCUT2D eigenvalue weighted by atomic mass is 16.5. The van der Waals surface area contributed by atoms with Crippen LogP contribution in [-0.2, 0) is 6.54 Å². The maximum Gasteiger partial charge on any atom is 0.127 e. The summed E-state index contributed by atoms with van der Waals surface area (Å²) < 4.78 is 11.0. The average Bonchev–Trinajstić information content (AvgIpc) is 2.35. The number of hydrogen-bond acceptors (Lipinski definition) is 4. The lowest BCUT2D eigenvalue weighted by Crippen LogP contribution is -2.23. The van der Waals surface area contributed by atoms with Crippen molar-refractivity contribution in [1.82, 2.24) is 5.32 Å². The lowest BCUT2D eigenvalue weighted by atomic mass is 10.1. The van der Waals surface area contributed by atoms with Crippen LogP contribution in [-0.4, -0.2) is 30.5 Å². The maximum absolute atomic E-state index is 9.72. The van der Waals surface area contributed by atoms with Gasteiger partial charge in [-0.3, -0.25) is 0 Å². The first-order valence-corrected chi connectivity index (χ1v) is 7.07. The second kappa shape index (κ2) is 7.50. The predicted octanol–water partition coefficient (Wildman–Crippen LogP) is 2.73. The molecular weight excluding hydrogens is 254 g/mol. The van der Waals surface area contributed by atoms with E-state index in [0.29, 0.717) is 19.1 Å². The molecule has 0 bridgehead atoms. The predicted molar refractivity (Wildman–Crippen MR) is 81.4 cm³/mol. The van der Waals surface area contributed by atoms with Crippen LogP contribution in [0.5, 0.6) is 11.5 Å². The number of hydrogen-bond donors (Lipinski definition) is 2. The summed E-state index contributed by atoms with van der Waals surface area (Å²) in [6, 6.07) is 6.25. The van der Waals surface area contributed by atoms with Gasteiger partial charge in [0.1, 0.15) is 11.5 Å². The summed E-state index contributed by atoms with van der Waals surface area (Å²) in [5, 5.41) is 13.1. The molecule has 0 radical (unpaired) electrons. The molecule has 1 aromatic carbocycles. The van der Waals surface area contributed by atoms with E-state index >= 15 is 0 Å². The summed E-state index contributed by atoms with van der Waals surface area (Å²) in [6.07, 6.45) is 0.585. The molecule has 0 aliphatic rings. The van der Waals surface area contributed by atoms with E-state index in [4.69, 9.17) is 9.47 Å². The molecule has 114 valence electrons. The number of nitrogens with one attached hydrogen (secondary N) is 1. The maximum atomic E-state index is 9.72. The van der Waals surface area contributed by atoms with Gasteiger partial charge in [0.05, 0.1) is 19.3 Å². The summed E-state index contributed by atoms with van der Waals surface area (Å²) in [7, 11) is 1.64. The molecule has 0 aliphatic carbocycles. The third-order valence-electron chi connectivity index (χ3n) is 2.95. The molecule has 0 heterocycles. The first-order valence-electron chi connectivity index (χ1n) is 7.07. The van der Waals surface area contributed by atoms with Crippen molar-refractivity contribution in [2.45, 2.75) is 52.3 Å². The molecule has 2 N–H and O–H groups in total. The van der Waals surface area contributed by atoms with Crippen LogP contribution in [0.1, 0.15) is 39.7 Å². The first-order chi connectivity index (χ1) is 9.31. The molecule has 0 atom stereocenters. The van der Waals surface area contributed by atoms with Crippen LogP contribution in [0.2, 0.25) is 0 Å². The molecule has 4 heteroatoms. The summed E-state index contributed by atoms with van der Waals surface area (Å²) >= 11 is 0. The normalized spacial score (nSPS) is 11.8. The molecule has 0 aromatic heterocycles.